The van der Waals surface area contributed by atoms with Crippen molar-refractivity contribution in [2.45, 2.75) is 6.61 Å². The highest BCUT2D eigenvalue weighted by Crippen LogP contribution is 2.35. The number of Topliss-reactive ketones (excluding diaryl/α,β-unsaturated/α-hetero) is 1. The van der Waals surface area contributed by atoms with Crippen LogP contribution in [-0.4, -0.2) is 5.78 Å². The largest absolute Gasteiger partial charge is 0.489 e. The summed E-state index contributed by atoms with van der Waals surface area (Å²) < 4.78 is 52.1. The quantitative estimate of drug-likeness (QED) is 0.575. The number of benzene rings is 3. The summed E-state index contributed by atoms with van der Waals surface area (Å²) in [4.78, 5) is 12.4. The molecule has 28 heavy (non-hydrogen) atoms. The molecule has 6 heteroatoms. The van der Waals surface area contributed by atoms with Gasteiger partial charge in [0.15, 0.2) is 5.76 Å². The van der Waals surface area contributed by atoms with E-state index in [1.54, 1.807) is 12.1 Å². The van der Waals surface area contributed by atoms with Crippen LogP contribution < -0.4 is 9.47 Å². The van der Waals surface area contributed by atoms with Crippen molar-refractivity contribution in [3.8, 4) is 11.5 Å². The first-order chi connectivity index (χ1) is 13.5. The topological polar surface area (TPSA) is 35.5 Å². The first-order valence-electron chi connectivity index (χ1n) is 8.41. The predicted octanol–water partition coefficient (Wildman–Crippen LogP) is 5.30. The average molecular weight is 382 g/mol. The smallest absolute Gasteiger partial charge is 0.231 e. The van der Waals surface area contributed by atoms with Crippen LogP contribution in [0.5, 0.6) is 11.5 Å². The fraction of sp³-hybridized carbons (Fsp3) is 0.0455. The van der Waals surface area contributed by atoms with Crippen molar-refractivity contribution < 1.29 is 27.4 Å². The van der Waals surface area contributed by atoms with E-state index in [0.29, 0.717) is 5.56 Å². The van der Waals surface area contributed by atoms with Crippen LogP contribution in [0.2, 0.25) is 0 Å². The lowest BCUT2D eigenvalue weighted by Gasteiger charge is -2.09. The van der Waals surface area contributed by atoms with Crippen molar-refractivity contribution in [3.05, 3.63) is 101 Å². The van der Waals surface area contributed by atoms with E-state index in [9.17, 15) is 18.0 Å². The molecule has 0 saturated heterocycles. The molecule has 0 atom stereocenters. The van der Waals surface area contributed by atoms with Crippen molar-refractivity contribution in [3.63, 3.8) is 0 Å². The van der Waals surface area contributed by atoms with Crippen LogP contribution in [0.3, 0.4) is 0 Å². The maximum Gasteiger partial charge on any atom is 0.231 e. The van der Waals surface area contributed by atoms with Gasteiger partial charge in [-0.25, -0.2) is 13.2 Å². The van der Waals surface area contributed by atoms with E-state index in [2.05, 4.69) is 0 Å². The zero-order chi connectivity index (χ0) is 19.7. The number of halogens is 3. The average Bonchev–Trinajstić information content (AvgIpc) is 2.98. The zero-order valence-electron chi connectivity index (χ0n) is 14.4. The molecule has 0 radical (unpaired) electrons. The second-order valence-corrected chi connectivity index (χ2v) is 6.11. The lowest BCUT2D eigenvalue weighted by Crippen LogP contribution is -2.01. The minimum atomic E-state index is -0.706. The molecular formula is C22H13F3O3. The van der Waals surface area contributed by atoms with E-state index in [-0.39, 0.29) is 40.8 Å². The van der Waals surface area contributed by atoms with Gasteiger partial charge in [0.05, 0.1) is 11.1 Å². The Bertz CT molecular complexity index is 1090. The summed E-state index contributed by atoms with van der Waals surface area (Å²) in [6.45, 7) is -0.316. The van der Waals surface area contributed by atoms with Crippen molar-refractivity contribution >= 4 is 11.9 Å². The normalized spacial score (nSPS) is 14.1. The lowest BCUT2D eigenvalue weighted by molar-refractivity contribution is 0.101. The Morgan fingerprint density at radius 1 is 0.893 bits per heavy atom. The number of rotatable bonds is 4. The Kier molecular flexibility index (Phi) is 4.61. The molecule has 140 valence electrons. The third-order valence-corrected chi connectivity index (χ3v) is 4.28. The Hall–Kier alpha value is -3.54. The molecule has 0 bridgehead atoms. The highest BCUT2D eigenvalue weighted by molar-refractivity contribution is 6.14. The van der Waals surface area contributed by atoms with E-state index >= 15 is 0 Å². The maximum absolute atomic E-state index is 13.8. The standard InChI is InChI=1S/C22H13F3O3/c23-17-5-2-1-4-13(17)10-21-22(26)15-9-8-14(11-20(15)28-21)27-12-16-18(24)6-3-7-19(16)25/h1-11H,12H2/b21-10-. The molecular weight excluding hydrogens is 369 g/mol. The summed E-state index contributed by atoms with van der Waals surface area (Å²) in [5.74, 6) is -1.77. The van der Waals surface area contributed by atoms with Gasteiger partial charge in [-0.2, -0.15) is 0 Å². The Balaban J connectivity index is 1.55. The van der Waals surface area contributed by atoms with Crippen LogP contribution in [0.4, 0.5) is 13.2 Å². The summed E-state index contributed by atoms with van der Waals surface area (Å²) in [5, 5.41) is 0. The van der Waals surface area contributed by atoms with Gasteiger partial charge < -0.3 is 9.47 Å². The van der Waals surface area contributed by atoms with E-state index in [4.69, 9.17) is 9.47 Å². The molecule has 0 aliphatic carbocycles. The van der Waals surface area contributed by atoms with Crippen molar-refractivity contribution in [1.82, 2.24) is 0 Å². The summed E-state index contributed by atoms with van der Waals surface area (Å²) in [7, 11) is 0. The molecule has 1 heterocycles. The molecule has 0 spiro atoms. The number of hydrogen-bond donors (Lipinski definition) is 0. The molecule has 0 aromatic heterocycles. The van der Waals surface area contributed by atoms with E-state index < -0.39 is 17.5 Å². The van der Waals surface area contributed by atoms with Gasteiger partial charge in [0.2, 0.25) is 5.78 Å². The number of carbonyl (C=O) groups excluding carboxylic acids is 1. The number of allylic oxidation sites excluding steroid dienone is 1. The summed E-state index contributed by atoms with van der Waals surface area (Å²) >= 11 is 0. The van der Waals surface area contributed by atoms with E-state index in [0.717, 1.165) is 12.1 Å². The predicted molar refractivity (Wildman–Crippen MR) is 96.5 cm³/mol. The van der Waals surface area contributed by atoms with Gasteiger partial charge in [-0.15, -0.1) is 0 Å². The van der Waals surface area contributed by atoms with Gasteiger partial charge in [0.25, 0.3) is 0 Å². The monoisotopic (exact) mass is 382 g/mol. The van der Waals surface area contributed by atoms with Crippen LogP contribution >= 0.6 is 0 Å². The van der Waals surface area contributed by atoms with Gasteiger partial charge in [-0.1, -0.05) is 24.3 Å². The summed E-state index contributed by atoms with van der Waals surface area (Å²) in [6.07, 6.45) is 1.33. The maximum atomic E-state index is 13.8. The van der Waals surface area contributed by atoms with Gasteiger partial charge in [-0.3, -0.25) is 4.79 Å². The molecule has 0 amide bonds. The first-order valence-corrected chi connectivity index (χ1v) is 8.41. The number of ketones is 1. The number of hydrogen-bond acceptors (Lipinski definition) is 3. The summed E-state index contributed by atoms with van der Waals surface area (Å²) in [5.41, 5.74) is 0.331. The minimum absolute atomic E-state index is 0.0163. The SMILES string of the molecule is O=C1/C(=C/c2ccccc2F)Oc2cc(OCc3c(F)cccc3F)ccc21. The van der Waals surface area contributed by atoms with Gasteiger partial charge in [-0.05, 0) is 36.4 Å². The first kappa shape index (κ1) is 17.9. The Labute approximate surface area is 158 Å². The van der Waals surface area contributed by atoms with Crippen LogP contribution in [0, 0.1) is 17.5 Å². The van der Waals surface area contributed by atoms with Gasteiger partial charge >= 0.3 is 0 Å². The van der Waals surface area contributed by atoms with Gasteiger partial charge in [0, 0.05) is 11.6 Å². The van der Waals surface area contributed by atoms with Crippen molar-refractivity contribution in [2.75, 3.05) is 0 Å². The molecule has 0 N–H and O–H groups in total. The summed E-state index contributed by atoms with van der Waals surface area (Å²) in [6, 6.07) is 14.0. The highest BCUT2D eigenvalue weighted by Gasteiger charge is 2.28. The van der Waals surface area contributed by atoms with Crippen LogP contribution in [0.1, 0.15) is 21.5 Å². The van der Waals surface area contributed by atoms with Crippen molar-refractivity contribution in [1.29, 1.82) is 0 Å². The third-order valence-electron chi connectivity index (χ3n) is 4.28. The molecule has 0 fully saturated rings. The van der Waals surface area contributed by atoms with E-state index in [1.165, 1.54) is 42.5 Å². The molecule has 1 aliphatic rings. The lowest BCUT2D eigenvalue weighted by atomic mass is 10.1. The number of ether oxygens (including phenoxy) is 2. The molecule has 3 aromatic carbocycles. The number of carbonyl (C=O) groups is 1. The highest BCUT2D eigenvalue weighted by atomic mass is 19.1. The molecule has 3 nitrogen and oxygen atoms in total. The van der Waals surface area contributed by atoms with Crippen LogP contribution in [-0.2, 0) is 6.61 Å². The fourth-order valence-electron chi connectivity index (χ4n) is 2.82. The molecule has 1 aliphatic heterocycles. The molecule has 0 saturated carbocycles. The van der Waals surface area contributed by atoms with E-state index in [1.807, 2.05) is 0 Å². The Morgan fingerprint density at radius 3 is 2.36 bits per heavy atom. The molecule has 0 unspecified atom stereocenters. The fourth-order valence-corrected chi connectivity index (χ4v) is 2.82. The molecule has 4 rings (SSSR count). The van der Waals surface area contributed by atoms with Crippen LogP contribution in [0.25, 0.3) is 6.08 Å². The number of fused-ring (bicyclic) bond motifs is 1. The van der Waals surface area contributed by atoms with Crippen LogP contribution in [0.15, 0.2) is 66.4 Å². The van der Waals surface area contributed by atoms with Crippen molar-refractivity contribution in [2.24, 2.45) is 0 Å². The zero-order valence-corrected chi connectivity index (χ0v) is 14.4. The second-order valence-electron chi connectivity index (χ2n) is 6.11. The third kappa shape index (κ3) is 3.36. The second kappa shape index (κ2) is 7.23. The minimum Gasteiger partial charge on any atom is -0.489 e. The Morgan fingerprint density at radius 2 is 1.61 bits per heavy atom. The molecule has 3 aromatic rings. The van der Waals surface area contributed by atoms with Gasteiger partial charge in [0.1, 0.15) is 35.6 Å².